The quantitative estimate of drug-likeness (QED) is 0.252. The van der Waals surface area contributed by atoms with Crippen LogP contribution in [-0.2, 0) is 0 Å². The molecule has 8 heteroatoms. The van der Waals surface area contributed by atoms with Crippen LogP contribution >= 0.6 is 23.1 Å². The molecular formula is C22H17N5OS2. The summed E-state index contributed by atoms with van der Waals surface area (Å²) in [5.74, 6) is 1.60. The Morgan fingerprint density at radius 2 is 1.90 bits per heavy atom. The van der Waals surface area contributed by atoms with Gasteiger partial charge in [0.25, 0.3) is 0 Å². The number of rotatable bonds is 6. The number of nitrogens with zero attached hydrogens (tertiary/aromatic N) is 5. The highest BCUT2D eigenvalue weighted by Gasteiger charge is 2.30. The molecule has 0 unspecified atom stereocenters. The number of thiazole rings is 1. The number of benzene rings is 2. The first-order valence-electron chi connectivity index (χ1n) is 9.56. The van der Waals surface area contributed by atoms with Crippen LogP contribution < -0.4 is 0 Å². The topological polar surface area (TPSA) is 87.6 Å². The van der Waals surface area contributed by atoms with Crippen molar-refractivity contribution in [3.63, 3.8) is 0 Å². The Kier molecular flexibility index (Phi) is 4.99. The molecule has 0 saturated heterocycles. The van der Waals surface area contributed by atoms with Gasteiger partial charge in [0.1, 0.15) is 28.2 Å². The predicted molar refractivity (Wildman–Crippen MR) is 119 cm³/mol. The molecule has 0 spiro atoms. The largest absolute Gasteiger partial charge is 0.510 e. The highest BCUT2D eigenvalue weighted by Crippen LogP contribution is 2.40. The smallest absolute Gasteiger partial charge is 0.209 e. The number of para-hydroxylation sites is 2. The fourth-order valence-corrected chi connectivity index (χ4v) is 4.84. The van der Waals surface area contributed by atoms with Crippen molar-refractivity contribution >= 4 is 38.9 Å². The number of aromatic nitrogens is 4. The zero-order valence-electron chi connectivity index (χ0n) is 15.9. The third kappa shape index (κ3) is 3.70. The summed E-state index contributed by atoms with van der Waals surface area (Å²) in [6.45, 7) is 0. The zero-order valence-corrected chi connectivity index (χ0v) is 17.5. The van der Waals surface area contributed by atoms with Crippen molar-refractivity contribution < 1.29 is 5.11 Å². The molecule has 4 aromatic rings. The van der Waals surface area contributed by atoms with Crippen molar-refractivity contribution in [2.45, 2.75) is 23.9 Å². The van der Waals surface area contributed by atoms with E-state index >= 15 is 0 Å². The number of fused-ring (bicyclic) bond motifs is 1. The van der Waals surface area contributed by atoms with E-state index in [1.807, 2.05) is 59.3 Å². The minimum Gasteiger partial charge on any atom is -0.510 e. The summed E-state index contributed by atoms with van der Waals surface area (Å²) in [5, 5.41) is 26.0. The molecule has 2 aromatic heterocycles. The fourth-order valence-electron chi connectivity index (χ4n) is 3.15. The maximum atomic E-state index is 10.6. The minimum atomic E-state index is -0.00871. The summed E-state index contributed by atoms with van der Waals surface area (Å²) in [6.07, 6.45) is 2.24. The van der Waals surface area contributed by atoms with Crippen molar-refractivity contribution in [3.05, 3.63) is 71.2 Å². The van der Waals surface area contributed by atoms with Gasteiger partial charge in [0, 0.05) is 5.92 Å². The molecule has 1 aliphatic rings. The second-order valence-electron chi connectivity index (χ2n) is 6.98. The van der Waals surface area contributed by atoms with Gasteiger partial charge in [0.15, 0.2) is 0 Å². The van der Waals surface area contributed by atoms with Gasteiger partial charge in [-0.1, -0.05) is 42.1 Å². The van der Waals surface area contributed by atoms with Crippen molar-refractivity contribution in [3.8, 4) is 11.8 Å². The number of hydrogen-bond donors (Lipinski definition) is 1. The van der Waals surface area contributed by atoms with Gasteiger partial charge in [-0.3, -0.25) is 0 Å². The van der Waals surface area contributed by atoms with Crippen molar-refractivity contribution in [2.24, 2.45) is 0 Å². The van der Waals surface area contributed by atoms with E-state index in [1.165, 1.54) is 23.1 Å². The Labute approximate surface area is 181 Å². The monoisotopic (exact) mass is 431 g/mol. The van der Waals surface area contributed by atoms with Crippen molar-refractivity contribution in [1.82, 2.24) is 19.7 Å². The number of aliphatic hydroxyl groups is 1. The van der Waals surface area contributed by atoms with Gasteiger partial charge >= 0.3 is 0 Å². The molecule has 5 rings (SSSR count). The molecule has 0 atom stereocenters. The average molecular weight is 432 g/mol. The molecule has 1 N–H and O–H groups in total. The van der Waals surface area contributed by atoms with Crippen LogP contribution in [0.2, 0.25) is 0 Å². The number of nitriles is 1. The van der Waals surface area contributed by atoms with E-state index in [-0.39, 0.29) is 17.1 Å². The Morgan fingerprint density at radius 1 is 1.13 bits per heavy atom. The van der Waals surface area contributed by atoms with Crippen LogP contribution in [0.4, 0.5) is 0 Å². The van der Waals surface area contributed by atoms with E-state index in [4.69, 9.17) is 4.98 Å². The summed E-state index contributed by atoms with van der Waals surface area (Å²) in [4.78, 5) is 9.18. The molecule has 0 bridgehead atoms. The summed E-state index contributed by atoms with van der Waals surface area (Å²) in [7, 11) is 0. The Hall–Kier alpha value is -3.15. The highest BCUT2D eigenvalue weighted by atomic mass is 32.2. The molecule has 0 amide bonds. The summed E-state index contributed by atoms with van der Waals surface area (Å²) in [6, 6.07) is 19.7. The lowest BCUT2D eigenvalue weighted by molar-refractivity contribution is 0.420. The number of thioether (sulfide) groups is 1. The lowest BCUT2D eigenvalue weighted by Gasteiger charge is -2.03. The third-order valence-corrected chi connectivity index (χ3v) is 6.70. The molecule has 2 heterocycles. The molecule has 1 fully saturated rings. The second-order valence-corrected chi connectivity index (χ2v) is 8.96. The van der Waals surface area contributed by atoms with Crippen LogP contribution in [0.3, 0.4) is 0 Å². The molecule has 0 radical (unpaired) electrons. The van der Waals surface area contributed by atoms with Crippen LogP contribution in [-0.4, -0.2) is 30.6 Å². The Morgan fingerprint density at radius 3 is 2.63 bits per heavy atom. The molecule has 6 nitrogen and oxygen atoms in total. The van der Waals surface area contributed by atoms with Crippen molar-refractivity contribution in [1.29, 1.82) is 5.26 Å². The lowest BCUT2D eigenvalue weighted by Crippen LogP contribution is -2.01. The second kappa shape index (κ2) is 7.94. The van der Waals surface area contributed by atoms with E-state index in [0.717, 1.165) is 34.6 Å². The first-order chi connectivity index (χ1) is 14.7. The summed E-state index contributed by atoms with van der Waals surface area (Å²) >= 11 is 2.72. The maximum absolute atomic E-state index is 10.6. The average Bonchev–Trinajstić information content (AvgIpc) is 3.39. The number of hydrogen-bond acceptors (Lipinski definition) is 7. The maximum Gasteiger partial charge on any atom is 0.209 e. The van der Waals surface area contributed by atoms with Crippen LogP contribution in [0.15, 0.2) is 65.5 Å². The van der Waals surface area contributed by atoms with Crippen LogP contribution in [0.5, 0.6) is 0 Å². The summed E-state index contributed by atoms with van der Waals surface area (Å²) < 4.78 is 2.87. The SMILES string of the molecule is N#C/C(=C(/O)CSc1nc(C2CC2)n(-c2ccccc2)n1)c1nc2ccccc2s1. The number of aliphatic hydroxyl groups excluding tert-OH is 1. The summed E-state index contributed by atoms with van der Waals surface area (Å²) in [5.41, 5.74) is 2.00. The van der Waals surface area contributed by atoms with Crippen LogP contribution in [0.1, 0.15) is 29.6 Å². The standard InChI is InChI=1S/C22H17N5OS2/c23-12-16(21-24-17-8-4-5-9-19(17)30-21)18(28)13-29-22-25-20(14-10-11-14)27(26-22)15-6-2-1-3-7-15/h1-9,14,28H,10-11,13H2/b18-16-. The van der Waals surface area contributed by atoms with Crippen LogP contribution in [0, 0.1) is 11.3 Å². The fraction of sp³-hybridized carbons (Fsp3) is 0.182. The molecule has 148 valence electrons. The molecule has 2 aromatic carbocycles. The Bertz CT molecular complexity index is 1250. The van der Waals surface area contributed by atoms with Crippen molar-refractivity contribution in [2.75, 3.05) is 5.75 Å². The molecule has 1 saturated carbocycles. The van der Waals surface area contributed by atoms with Gasteiger partial charge < -0.3 is 5.11 Å². The van der Waals surface area contributed by atoms with E-state index in [1.54, 1.807) is 0 Å². The predicted octanol–water partition coefficient (Wildman–Crippen LogP) is 5.34. The van der Waals surface area contributed by atoms with Crippen LogP contribution in [0.25, 0.3) is 21.5 Å². The van der Waals surface area contributed by atoms with Gasteiger partial charge in [-0.25, -0.2) is 14.6 Å². The van der Waals surface area contributed by atoms with E-state index in [2.05, 4.69) is 16.2 Å². The van der Waals surface area contributed by atoms with E-state index in [9.17, 15) is 10.4 Å². The number of allylic oxidation sites excluding steroid dienone is 1. The first kappa shape index (κ1) is 18.9. The van der Waals surface area contributed by atoms with Gasteiger partial charge in [-0.15, -0.1) is 16.4 Å². The molecule has 0 aliphatic heterocycles. The zero-order chi connectivity index (χ0) is 20.5. The van der Waals surface area contributed by atoms with E-state index in [0.29, 0.717) is 16.1 Å². The van der Waals surface area contributed by atoms with Gasteiger partial charge in [0.2, 0.25) is 5.16 Å². The Balaban J connectivity index is 1.40. The minimum absolute atomic E-state index is 0.00871. The molecule has 1 aliphatic carbocycles. The normalized spacial score (nSPS) is 14.5. The van der Waals surface area contributed by atoms with Gasteiger partial charge in [-0.2, -0.15) is 5.26 Å². The van der Waals surface area contributed by atoms with Gasteiger partial charge in [0.05, 0.1) is 21.7 Å². The van der Waals surface area contributed by atoms with E-state index < -0.39 is 0 Å². The highest BCUT2D eigenvalue weighted by molar-refractivity contribution is 7.99. The molecule has 30 heavy (non-hydrogen) atoms. The van der Waals surface area contributed by atoms with Gasteiger partial charge in [-0.05, 0) is 37.1 Å². The third-order valence-electron chi connectivity index (χ3n) is 4.80. The first-order valence-corrected chi connectivity index (χ1v) is 11.4. The molecular weight excluding hydrogens is 414 g/mol. The lowest BCUT2D eigenvalue weighted by atomic mass is 10.2.